The van der Waals surface area contributed by atoms with Gasteiger partial charge in [-0.25, -0.2) is 0 Å². The van der Waals surface area contributed by atoms with E-state index in [1.807, 2.05) is 30.3 Å². The predicted molar refractivity (Wildman–Crippen MR) is 109 cm³/mol. The van der Waals surface area contributed by atoms with Crippen LogP contribution in [0.2, 0.25) is 10.0 Å². The van der Waals surface area contributed by atoms with E-state index in [1.54, 1.807) is 30.3 Å². The number of carbonyl (C=O) groups excluding carboxylic acids is 1. The molecule has 0 saturated carbocycles. The van der Waals surface area contributed by atoms with Crippen LogP contribution in [0.1, 0.15) is 21.5 Å². The zero-order valence-electron chi connectivity index (χ0n) is 13.5. The molecule has 1 amide bonds. The Morgan fingerprint density at radius 1 is 1.04 bits per heavy atom. The number of aromatic hydroxyl groups is 1. The van der Waals surface area contributed by atoms with Crippen molar-refractivity contribution in [2.75, 3.05) is 5.32 Å². The normalized spacial score (nSPS) is 10.6. The molecule has 0 saturated heterocycles. The van der Waals surface area contributed by atoms with Gasteiger partial charge in [0.05, 0.1) is 16.3 Å². The van der Waals surface area contributed by atoms with Crippen LogP contribution in [0.4, 0.5) is 5.69 Å². The molecule has 0 spiro atoms. The Kier molecular flexibility index (Phi) is 5.87. The largest absolute Gasteiger partial charge is 0.507 e. The van der Waals surface area contributed by atoms with Gasteiger partial charge in [-0.2, -0.15) is 0 Å². The molecular weight excluding hydrogens is 437 g/mol. The molecular formula is C20H14BrCl2NO2. The van der Waals surface area contributed by atoms with Crippen molar-refractivity contribution in [3.63, 3.8) is 0 Å². The fourth-order valence-corrected chi connectivity index (χ4v) is 3.52. The Labute approximate surface area is 169 Å². The monoisotopic (exact) mass is 449 g/mol. The van der Waals surface area contributed by atoms with Gasteiger partial charge < -0.3 is 10.4 Å². The van der Waals surface area contributed by atoms with Crippen LogP contribution in [0.25, 0.3) is 0 Å². The van der Waals surface area contributed by atoms with Crippen LogP contribution in [-0.2, 0) is 6.42 Å². The molecule has 0 bridgehead atoms. The number of hydrogen-bond acceptors (Lipinski definition) is 2. The van der Waals surface area contributed by atoms with Crippen LogP contribution in [0.15, 0.2) is 65.1 Å². The first-order valence-electron chi connectivity index (χ1n) is 7.76. The zero-order chi connectivity index (χ0) is 18.7. The molecule has 0 aromatic heterocycles. The molecule has 0 unspecified atom stereocenters. The van der Waals surface area contributed by atoms with Crippen LogP contribution in [0.5, 0.6) is 5.75 Å². The van der Waals surface area contributed by atoms with Crippen molar-refractivity contribution in [2.45, 2.75) is 6.42 Å². The maximum Gasteiger partial charge on any atom is 0.259 e. The Morgan fingerprint density at radius 3 is 2.46 bits per heavy atom. The lowest BCUT2D eigenvalue weighted by Gasteiger charge is -2.12. The van der Waals surface area contributed by atoms with E-state index in [1.165, 1.54) is 0 Å². The molecule has 0 fully saturated rings. The highest BCUT2D eigenvalue weighted by molar-refractivity contribution is 9.10. The Balaban J connectivity index is 1.90. The summed E-state index contributed by atoms with van der Waals surface area (Å²) in [5, 5.41) is 14.1. The lowest BCUT2D eigenvalue weighted by molar-refractivity contribution is 0.102. The summed E-state index contributed by atoms with van der Waals surface area (Å²) in [7, 11) is 0. The smallest absolute Gasteiger partial charge is 0.259 e. The van der Waals surface area contributed by atoms with E-state index in [-0.39, 0.29) is 11.3 Å². The number of nitrogens with one attached hydrogen (secondary N) is 1. The Hall–Kier alpha value is -2.01. The third kappa shape index (κ3) is 4.39. The van der Waals surface area contributed by atoms with E-state index >= 15 is 0 Å². The molecule has 3 aromatic rings. The number of anilines is 1. The third-order valence-corrected chi connectivity index (χ3v) is 4.82. The summed E-state index contributed by atoms with van der Waals surface area (Å²) < 4.78 is 0.702. The molecule has 2 N–H and O–H groups in total. The maximum absolute atomic E-state index is 12.6. The lowest BCUT2D eigenvalue weighted by atomic mass is 10.0. The molecule has 0 aliphatic rings. The predicted octanol–water partition coefficient (Wildman–Crippen LogP) is 6.30. The lowest BCUT2D eigenvalue weighted by Crippen LogP contribution is -2.13. The van der Waals surface area contributed by atoms with E-state index in [4.69, 9.17) is 23.2 Å². The van der Waals surface area contributed by atoms with Crippen LogP contribution < -0.4 is 5.32 Å². The summed E-state index contributed by atoms with van der Waals surface area (Å²) in [6.07, 6.45) is 0.508. The highest BCUT2D eigenvalue weighted by Gasteiger charge is 2.17. The van der Waals surface area contributed by atoms with Crippen molar-refractivity contribution in [3.8, 4) is 5.75 Å². The average molecular weight is 451 g/mol. The first-order valence-corrected chi connectivity index (χ1v) is 9.30. The summed E-state index contributed by atoms with van der Waals surface area (Å²) >= 11 is 15.4. The molecule has 0 radical (unpaired) electrons. The second-order valence-corrected chi connectivity index (χ2v) is 7.46. The molecule has 0 aliphatic carbocycles. The third-order valence-electron chi connectivity index (χ3n) is 3.81. The number of carbonyl (C=O) groups is 1. The van der Waals surface area contributed by atoms with Gasteiger partial charge in [-0.3, -0.25) is 4.79 Å². The molecule has 0 atom stereocenters. The van der Waals surface area contributed by atoms with E-state index in [9.17, 15) is 9.90 Å². The van der Waals surface area contributed by atoms with E-state index in [0.717, 1.165) is 5.56 Å². The first kappa shape index (κ1) is 18.8. The molecule has 3 nitrogen and oxygen atoms in total. The summed E-state index contributed by atoms with van der Waals surface area (Å²) in [5.74, 6) is -0.512. The van der Waals surface area contributed by atoms with Gasteiger partial charge >= 0.3 is 0 Å². The van der Waals surface area contributed by atoms with Gasteiger partial charge in [-0.1, -0.05) is 69.5 Å². The SMILES string of the molecule is O=C(Nc1ccc(Cl)cc1Cl)c1cc(Br)cc(Cc2ccccc2)c1O. The van der Waals surface area contributed by atoms with Crippen LogP contribution in [-0.4, -0.2) is 11.0 Å². The van der Waals surface area contributed by atoms with E-state index in [0.29, 0.717) is 32.2 Å². The quantitative estimate of drug-likeness (QED) is 0.489. The van der Waals surface area contributed by atoms with Gasteiger partial charge in [0, 0.05) is 21.5 Å². The number of phenolic OH excluding ortho intramolecular Hbond substituents is 1. The number of rotatable bonds is 4. The summed E-state index contributed by atoms with van der Waals surface area (Å²) in [5.41, 5.74) is 2.27. The van der Waals surface area contributed by atoms with Crippen molar-refractivity contribution in [1.82, 2.24) is 0 Å². The summed E-state index contributed by atoms with van der Waals surface area (Å²) in [6.45, 7) is 0. The Morgan fingerprint density at radius 2 is 1.77 bits per heavy atom. The molecule has 3 rings (SSSR count). The minimum Gasteiger partial charge on any atom is -0.507 e. The fraction of sp³-hybridized carbons (Fsp3) is 0.0500. The van der Waals surface area contributed by atoms with Crippen LogP contribution in [0, 0.1) is 0 Å². The van der Waals surface area contributed by atoms with E-state index < -0.39 is 5.91 Å². The van der Waals surface area contributed by atoms with Gasteiger partial charge in [0.2, 0.25) is 0 Å². The van der Waals surface area contributed by atoms with Crippen molar-refractivity contribution in [3.05, 3.63) is 91.9 Å². The minimum atomic E-state index is -0.456. The van der Waals surface area contributed by atoms with Gasteiger partial charge in [0.25, 0.3) is 5.91 Å². The zero-order valence-corrected chi connectivity index (χ0v) is 16.6. The van der Waals surface area contributed by atoms with Gasteiger partial charge in [-0.15, -0.1) is 0 Å². The molecule has 0 aliphatic heterocycles. The number of hydrogen-bond donors (Lipinski definition) is 2. The fourth-order valence-electron chi connectivity index (χ4n) is 2.56. The molecule has 132 valence electrons. The first-order chi connectivity index (χ1) is 12.4. The van der Waals surface area contributed by atoms with Crippen molar-refractivity contribution >= 4 is 50.7 Å². The second-order valence-electron chi connectivity index (χ2n) is 5.70. The maximum atomic E-state index is 12.6. The van der Waals surface area contributed by atoms with Crippen molar-refractivity contribution in [2.24, 2.45) is 0 Å². The van der Waals surface area contributed by atoms with Crippen molar-refractivity contribution in [1.29, 1.82) is 0 Å². The van der Waals surface area contributed by atoms with Crippen LogP contribution >= 0.6 is 39.1 Å². The van der Waals surface area contributed by atoms with Gasteiger partial charge in [-0.05, 0) is 35.9 Å². The molecule has 6 heteroatoms. The highest BCUT2D eigenvalue weighted by Crippen LogP contribution is 2.31. The molecule has 3 aromatic carbocycles. The second kappa shape index (κ2) is 8.12. The minimum absolute atomic E-state index is 0.0559. The van der Waals surface area contributed by atoms with Crippen LogP contribution in [0.3, 0.4) is 0 Å². The molecule has 26 heavy (non-hydrogen) atoms. The highest BCUT2D eigenvalue weighted by atomic mass is 79.9. The van der Waals surface area contributed by atoms with Crippen molar-refractivity contribution < 1.29 is 9.90 Å². The number of phenols is 1. The molecule has 0 heterocycles. The standard InChI is InChI=1S/C20H14BrCl2NO2/c21-14-9-13(8-12-4-2-1-3-5-12)19(25)16(10-14)20(26)24-18-7-6-15(22)11-17(18)23/h1-7,9-11,25H,8H2,(H,24,26). The Bertz CT molecular complexity index is 962. The topological polar surface area (TPSA) is 49.3 Å². The summed E-state index contributed by atoms with van der Waals surface area (Å²) in [4.78, 5) is 12.6. The van der Waals surface area contributed by atoms with Gasteiger partial charge in [0.1, 0.15) is 5.75 Å². The summed E-state index contributed by atoms with van der Waals surface area (Å²) in [6, 6.07) is 17.9. The van der Waals surface area contributed by atoms with Gasteiger partial charge in [0.15, 0.2) is 0 Å². The van der Waals surface area contributed by atoms with E-state index in [2.05, 4.69) is 21.2 Å². The average Bonchev–Trinajstić information content (AvgIpc) is 2.61. The number of amides is 1. The number of halogens is 3. The number of benzene rings is 3.